The smallest absolute Gasteiger partial charge is 0.129 e. The molecule has 0 aromatic heterocycles. The lowest BCUT2D eigenvalue weighted by atomic mass is 9.83. The summed E-state index contributed by atoms with van der Waals surface area (Å²) in [6, 6.07) is 5.69. The highest BCUT2D eigenvalue weighted by atomic mass is 16.5. The second kappa shape index (κ2) is 5.26. The van der Waals surface area contributed by atoms with Crippen LogP contribution in [0.3, 0.4) is 0 Å². The summed E-state index contributed by atoms with van der Waals surface area (Å²) in [6.45, 7) is 2.12. The summed E-state index contributed by atoms with van der Waals surface area (Å²) in [5, 5.41) is 10.5. The molecule has 2 heterocycles. The Morgan fingerprint density at radius 3 is 3.00 bits per heavy atom. The van der Waals surface area contributed by atoms with Crippen molar-refractivity contribution in [2.45, 2.75) is 37.4 Å². The molecule has 1 spiro atoms. The topological polar surface area (TPSA) is 41.9 Å². The standard InChI is InChI=1S/C16H23NO3/c1-17-8-3-6-16(7-9-17)11-14(18)13-5-4-12(19-2)10-15(13)20-16/h4-5,10,14,18H,3,6-9,11H2,1-2H3. The molecule has 20 heavy (non-hydrogen) atoms. The average molecular weight is 277 g/mol. The van der Waals surface area contributed by atoms with Crippen LogP contribution in [-0.4, -0.2) is 42.9 Å². The summed E-state index contributed by atoms with van der Waals surface area (Å²) in [6.07, 6.45) is 3.35. The number of aliphatic hydroxyl groups is 1. The van der Waals surface area contributed by atoms with Crippen LogP contribution in [0.2, 0.25) is 0 Å². The molecule has 4 nitrogen and oxygen atoms in total. The van der Waals surface area contributed by atoms with Gasteiger partial charge >= 0.3 is 0 Å². The highest BCUT2D eigenvalue weighted by Gasteiger charge is 2.41. The van der Waals surface area contributed by atoms with E-state index in [0.29, 0.717) is 6.42 Å². The van der Waals surface area contributed by atoms with Crippen molar-refractivity contribution in [2.75, 3.05) is 27.2 Å². The van der Waals surface area contributed by atoms with Crippen LogP contribution in [0.25, 0.3) is 0 Å². The number of likely N-dealkylation sites (tertiary alicyclic amines) is 1. The van der Waals surface area contributed by atoms with E-state index in [1.807, 2.05) is 18.2 Å². The van der Waals surface area contributed by atoms with Gasteiger partial charge in [-0.25, -0.2) is 0 Å². The molecule has 0 bridgehead atoms. The Kier molecular flexibility index (Phi) is 3.61. The molecule has 1 N–H and O–H groups in total. The van der Waals surface area contributed by atoms with E-state index >= 15 is 0 Å². The zero-order valence-corrected chi connectivity index (χ0v) is 12.3. The molecule has 1 aromatic carbocycles. The van der Waals surface area contributed by atoms with Gasteiger partial charge in [-0.05, 0) is 45.0 Å². The third-order valence-corrected chi connectivity index (χ3v) is 4.59. The van der Waals surface area contributed by atoms with Crippen LogP contribution in [0.5, 0.6) is 11.5 Å². The summed E-state index contributed by atoms with van der Waals surface area (Å²) in [7, 11) is 3.80. The molecule has 0 amide bonds. The molecular formula is C16H23NO3. The van der Waals surface area contributed by atoms with Crippen LogP contribution in [0.15, 0.2) is 18.2 Å². The van der Waals surface area contributed by atoms with Crippen molar-refractivity contribution < 1.29 is 14.6 Å². The van der Waals surface area contributed by atoms with Crippen molar-refractivity contribution in [3.05, 3.63) is 23.8 Å². The van der Waals surface area contributed by atoms with Crippen LogP contribution in [0.4, 0.5) is 0 Å². The van der Waals surface area contributed by atoms with Gasteiger partial charge in [-0.1, -0.05) is 0 Å². The molecule has 0 aliphatic carbocycles. The van der Waals surface area contributed by atoms with Gasteiger partial charge in [0.15, 0.2) is 0 Å². The maximum absolute atomic E-state index is 10.5. The monoisotopic (exact) mass is 277 g/mol. The number of nitrogens with zero attached hydrogens (tertiary/aromatic N) is 1. The summed E-state index contributed by atoms with van der Waals surface area (Å²) < 4.78 is 11.6. The van der Waals surface area contributed by atoms with E-state index in [4.69, 9.17) is 9.47 Å². The maximum Gasteiger partial charge on any atom is 0.129 e. The Morgan fingerprint density at radius 2 is 2.20 bits per heavy atom. The summed E-state index contributed by atoms with van der Waals surface area (Å²) >= 11 is 0. The van der Waals surface area contributed by atoms with E-state index < -0.39 is 6.10 Å². The Bertz CT molecular complexity index is 491. The lowest BCUT2D eigenvalue weighted by Gasteiger charge is -2.40. The number of methoxy groups -OCH3 is 1. The minimum atomic E-state index is -0.437. The Labute approximate surface area is 120 Å². The van der Waals surface area contributed by atoms with Crippen molar-refractivity contribution >= 4 is 0 Å². The van der Waals surface area contributed by atoms with Crippen molar-refractivity contribution in [1.29, 1.82) is 0 Å². The summed E-state index contributed by atoms with van der Waals surface area (Å²) in [5.74, 6) is 1.56. The van der Waals surface area contributed by atoms with Crippen LogP contribution < -0.4 is 9.47 Å². The SMILES string of the molecule is COc1ccc2c(c1)OC1(CCCN(C)CC1)CC2O. The lowest BCUT2D eigenvalue weighted by Crippen LogP contribution is -2.41. The number of hydrogen-bond donors (Lipinski definition) is 1. The van der Waals surface area contributed by atoms with E-state index in [2.05, 4.69) is 11.9 Å². The van der Waals surface area contributed by atoms with Crippen molar-refractivity contribution in [2.24, 2.45) is 0 Å². The molecule has 0 radical (unpaired) electrons. The highest BCUT2D eigenvalue weighted by molar-refractivity contribution is 5.44. The largest absolute Gasteiger partial charge is 0.497 e. The number of rotatable bonds is 1. The third kappa shape index (κ3) is 2.50. The lowest BCUT2D eigenvalue weighted by molar-refractivity contribution is -0.0237. The molecule has 2 aliphatic heterocycles. The molecule has 1 aromatic rings. The fourth-order valence-corrected chi connectivity index (χ4v) is 3.35. The first kappa shape index (κ1) is 13.7. The van der Waals surface area contributed by atoms with E-state index in [9.17, 15) is 5.11 Å². The first-order chi connectivity index (χ1) is 9.62. The zero-order chi connectivity index (χ0) is 14.2. The first-order valence-electron chi connectivity index (χ1n) is 7.35. The van der Waals surface area contributed by atoms with Crippen LogP contribution in [0.1, 0.15) is 37.4 Å². The van der Waals surface area contributed by atoms with E-state index in [0.717, 1.165) is 49.4 Å². The maximum atomic E-state index is 10.5. The van der Waals surface area contributed by atoms with Crippen molar-refractivity contribution in [1.82, 2.24) is 4.90 Å². The van der Waals surface area contributed by atoms with Crippen LogP contribution in [-0.2, 0) is 0 Å². The number of hydrogen-bond acceptors (Lipinski definition) is 4. The minimum absolute atomic E-state index is 0.219. The normalized spacial score (nSPS) is 30.4. The third-order valence-electron chi connectivity index (χ3n) is 4.59. The Morgan fingerprint density at radius 1 is 1.35 bits per heavy atom. The molecule has 2 atom stereocenters. The first-order valence-corrected chi connectivity index (χ1v) is 7.35. The van der Waals surface area contributed by atoms with Crippen LogP contribution >= 0.6 is 0 Å². The van der Waals surface area contributed by atoms with Gasteiger partial charge in [0.25, 0.3) is 0 Å². The molecule has 3 rings (SSSR count). The van der Waals surface area contributed by atoms with Crippen molar-refractivity contribution in [3.8, 4) is 11.5 Å². The molecule has 4 heteroatoms. The van der Waals surface area contributed by atoms with Gasteiger partial charge < -0.3 is 19.5 Å². The zero-order valence-electron chi connectivity index (χ0n) is 12.3. The minimum Gasteiger partial charge on any atom is -0.497 e. The van der Waals surface area contributed by atoms with Gasteiger partial charge in [0.05, 0.1) is 13.2 Å². The van der Waals surface area contributed by atoms with Gasteiger partial charge in [0, 0.05) is 24.6 Å². The van der Waals surface area contributed by atoms with Gasteiger partial charge in [-0.3, -0.25) is 0 Å². The quantitative estimate of drug-likeness (QED) is 0.855. The second-order valence-electron chi connectivity index (χ2n) is 6.07. The van der Waals surface area contributed by atoms with Gasteiger partial charge in [0.1, 0.15) is 17.1 Å². The van der Waals surface area contributed by atoms with Gasteiger partial charge in [-0.15, -0.1) is 0 Å². The second-order valence-corrected chi connectivity index (χ2v) is 6.07. The van der Waals surface area contributed by atoms with Gasteiger partial charge in [0.2, 0.25) is 0 Å². The molecule has 2 unspecified atom stereocenters. The fourth-order valence-electron chi connectivity index (χ4n) is 3.35. The predicted octanol–water partition coefficient (Wildman–Crippen LogP) is 2.37. The number of aliphatic hydroxyl groups excluding tert-OH is 1. The van der Waals surface area contributed by atoms with Crippen LogP contribution in [0, 0.1) is 0 Å². The van der Waals surface area contributed by atoms with E-state index in [1.165, 1.54) is 0 Å². The number of ether oxygens (including phenoxy) is 2. The molecule has 110 valence electrons. The fraction of sp³-hybridized carbons (Fsp3) is 0.625. The molecule has 2 aliphatic rings. The molecule has 0 saturated carbocycles. The molecular weight excluding hydrogens is 254 g/mol. The van der Waals surface area contributed by atoms with Gasteiger partial charge in [-0.2, -0.15) is 0 Å². The summed E-state index contributed by atoms with van der Waals surface area (Å²) in [4.78, 5) is 2.34. The summed E-state index contributed by atoms with van der Waals surface area (Å²) in [5.41, 5.74) is 0.665. The Hall–Kier alpha value is -1.26. The average Bonchev–Trinajstić information content (AvgIpc) is 2.61. The van der Waals surface area contributed by atoms with E-state index in [1.54, 1.807) is 7.11 Å². The molecule has 1 saturated heterocycles. The number of benzene rings is 1. The van der Waals surface area contributed by atoms with Crippen molar-refractivity contribution in [3.63, 3.8) is 0 Å². The Balaban J connectivity index is 1.90. The molecule has 1 fully saturated rings. The highest BCUT2D eigenvalue weighted by Crippen LogP contribution is 2.45. The van der Waals surface area contributed by atoms with E-state index in [-0.39, 0.29) is 5.60 Å². The number of fused-ring (bicyclic) bond motifs is 1. The predicted molar refractivity (Wildman–Crippen MR) is 77.3 cm³/mol.